The van der Waals surface area contributed by atoms with Crippen LogP contribution >= 0.6 is 0 Å². The molecule has 0 aliphatic rings. The summed E-state index contributed by atoms with van der Waals surface area (Å²) in [6.07, 6.45) is 3.47. The van der Waals surface area contributed by atoms with Gasteiger partial charge in [0.1, 0.15) is 5.82 Å². The fourth-order valence-electron chi connectivity index (χ4n) is 3.85. The molecule has 0 atom stereocenters. The van der Waals surface area contributed by atoms with Crippen molar-refractivity contribution in [3.8, 4) is 28.2 Å². The molecule has 0 aliphatic carbocycles. The molecule has 0 saturated heterocycles. The monoisotopic (exact) mass is 549 g/mol. The fourth-order valence-corrected chi connectivity index (χ4v) is 4.89. The molecule has 0 spiro atoms. The summed E-state index contributed by atoms with van der Waals surface area (Å²) in [7, 11) is -1.87. The van der Waals surface area contributed by atoms with Crippen LogP contribution in [-0.2, 0) is 15.7 Å². The first-order chi connectivity index (χ1) is 18.4. The molecule has 39 heavy (non-hydrogen) atoms. The molecule has 3 heterocycles. The van der Waals surface area contributed by atoms with Crippen molar-refractivity contribution in [2.75, 3.05) is 13.2 Å². The Morgan fingerprint density at radius 1 is 1.10 bits per heavy atom. The van der Waals surface area contributed by atoms with Gasteiger partial charge in [0.05, 0.1) is 31.6 Å². The van der Waals surface area contributed by atoms with Crippen molar-refractivity contribution in [3.63, 3.8) is 0 Å². The molecular formula is C29H36FN5O3Si. The van der Waals surface area contributed by atoms with Gasteiger partial charge in [-0.05, 0) is 68.4 Å². The average molecular weight is 550 g/mol. The summed E-state index contributed by atoms with van der Waals surface area (Å²) >= 11 is 0. The maximum atomic E-state index is 15.1. The van der Waals surface area contributed by atoms with Crippen molar-refractivity contribution < 1.29 is 18.3 Å². The lowest BCUT2D eigenvalue weighted by molar-refractivity contribution is 0.0519. The minimum Gasteiger partial charge on any atom is -0.461 e. The minimum absolute atomic E-state index is 0.124. The van der Waals surface area contributed by atoms with Crippen molar-refractivity contribution >= 4 is 14.3 Å². The number of aryl methyl sites for hydroxylation is 1. The van der Waals surface area contributed by atoms with Crippen LogP contribution in [0, 0.1) is 12.7 Å². The van der Waals surface area contributed by atoms with Gasteiger partial charge in [-0.2, -0.15) is 10.2 Å². The highest BCUT2D eigenvalue weighted by molar-refractivity contribution is 6.74. The van der Waals surface area contributed by atoms with Gasteiger partial charge in [0.25, 0.3) is 0 Å². The Bertz CT molecular complexity index is 1470. The van der Waals surface area contributed by atoms with Crippen LogP contribution in [0.1, 0.15) is 43.9 Å². The summed E-state index contributed by atoms with van der Waals surface area (Å²) in [6, 6.07) is 12.0. The third kappa shape index (κ3) is 6.34. The van der Waals surface area contributed by atoms with Gasteiger partial charge in [-0.1, -0.05) is 26.8 Å². The Morgan fingerprint density at radius 3 is 2.56 bits per heavy atom. The second-order valence-electron chi connectivity index (χ2n) is 11.0. The van der Waals surface area contributed by atoms with E-state index in [0.717, 1.165) is 5.69 Å². The number of esters is 1. The van der Waals surface area contributed by atoms with E-state index < -0.39 is 14.3 Å². The standard InChI is InChI=1S/C29H36FN5O3Si/c1-8-37-28(36)25-17-26(35(33-25)27-11-9-10-20(2)32-27)21-12-13-24(30)23(16-21)22-18-31-34(19-22)14-15-38-39(6,7)29(3,4)5/h9-13,16-19H,8,14-15H2,1-7H3. The van der Waals surface area contributed by atoms with E-state index in [1.165, 1.54) is 6.07 Å². The van der Waals surface area contributed by atoms with Crippen LogP contribution in [0.3, 0.4) is 0 Å². The highest BCUT2D eigenvalue weighted by Crippen LogP contribution is 2.36. The average Bonchev–Trinajstić information content (AvgIpc) is 3.52. The Kier molecular flexibility index (Phi) is 8.17. The van der Waals surface area contributed by atoms with Gasteiger partial charge in [-0.3, -0.25) is 4.68 Å². The third-order valence-corrected chi connectivity index (χ3v) is 11.6. The zero-order valence-corrected chi connectivity index (χ0v) is 24.7. The summed E-state index contributed by atoms with van der Waals surface area (Å²) in [5.41, 5.74) is 3.25. The Hall–Kier alpha value is -3.63. The molecule has 0 amide bonds. The summed E-state index contributed by atoms with van der Waals surface area (Å²) < 4.78 is 29.8. The minimum atomic E-state index is -1.87. The molecule has 0 fully saturated rings. The summed E-state index contributed by atoms with van der Waals surface area (Å²) in [5.74, 6) is -0.365. The molecule has 0 aliphatic heterocycles. The van der Waals surface area contributed by atoms with Crippen LogP contribution in [0.25, 0.3) is 28.2 Å². The number of pyridine rings is 1. The number of hydrogen-bond acceptors (Lipinski definition) is 6. The summed E-state index contributed by atoms with van der Waals surface area (Å²) in [6.45, 7) is 16.0. The molecule has 0 N–H and O–H groups in total. The molecule has 4 rings (SSSR count). The van der Waals surface area contributed by atoms with Gasteiger partial charge in [-0.25, -0.2) is 18.9 Å². The zero-order valence-electron chi connectivity index (χ0n) is 23.7. The van der Waals surface area contributed by atoms with Crippen LogP contribution in [0.4, 0.5) is 4.39 Å². The van der Waals surface area contributed by atoms with Crippen LogP contribution < -0.4 is 0 Å². The molecule has 206 valence electrons. The molecule has 0 radical (unpaired) electrons. The van der Waals surface area contributed by atoms with Crippen LogP contribution in [-0.4, -0.2) is 52.0 Å². The molecule has 1 aromatic carbocycles. The number of hydrogen-bond donors (Lipinski definition) is 0. The van der Waals surface area contributed by atoms with Gasteiger partial charge < -0.3 is 9.16 Å². The van der Waals surface area contributed by atoms with Gasteiger partial charge in [-0.15, -0.1) is 0 Å². The van der Waals surface area contributed by atoms with Gasteiger partial charge >= 0.3 is 5.97 Å². The molecule has 0 bridgehead atoms. The van der Waals surface area contributed by atoms with E-state index in [0.29, 0.717) is 41.4 Å². The molecule has 8 nitrogen and oxygen atoms in total. The lowest BCUT2D eigenvalue weighted by Crippen LogP contribution is -2.41. The number of benzene rings is 1. The smallest absolute Gasteiger partial charge is 0.358 e. The number of ether oxygens (including phenoxy) is 1. The lowest BCUT2D eigenvalue weighted by atomic mass is 10.0. The number of rotatable bonds is 9. The van der Waals surface area contributed by atoms with Gasteiger partial charge in [0, 0.05) is 28.6 Å². The zero-order chi connectivity index (χ0) is 28.4. The molecule has 0 unspecified atom stereocenters. The highest BCUT2D eigenvalue weighted by Gasteiger charge is 2.36. The first-order valence-electron chi connectivity index (χ1n) is 13.1. The molecule has 10 heteroatoms. The molecule has 4 aromatic rings. The van der Waals surface area contributed by atoms with Crippen molar-refractivity contribution in [1.29, 1.82) is 0 Å². The van der Waals surface area contributed by atoms with Crippen LogP contribution in [0.2, 0.25) is 18.1 Å². The maximum Gasteiger partial charge on any atom is 0.358 e. The fraction of sp³-hybridized carbons (Fsp3) is 0.379. The molecule has 3 aromatic heterocycles. The molecular weight excluding hydrogens is 513 g/mol. The van der Waals surface area contributed by atoms with E-state index in [-0.39, 0.29) is 23.2 Å². The number of aromatic nitrogens is 5. The Balaban J connectivity index is 1.65. The second-order valence-corrected chi connectivity index (χ2v) is 15.8. The predicted molar refractivity (Wildman–Crippen MR) is 152 cm³/mol. The van der Waals surface area contributed by atoms with Crippen LogP contribution in [0.5, 0.6) is 0 Å². The Morgan fingerprint density at radius 2 is 1.87 bits per heavy atom. The predicted octanol–water partition coefficient (Wildman–Crippen LogP) is 6.44. The summed E-state index contributed by atoms with van der Waals surface area (Å²) in [4.78, 5) is 17.1. The SMILES string of the molecule is CCOC(=O)c1cc(-c2ccc(F)c(-c3cnn(CCO[Si](C)(C)C(C)(C)C)c3)c2)n(-c2cccc(C)n2)n1. The maximum absolute atomic E-state index is 15.1. The number of carbonyl (C=O) groups excluding carboxylic acids is 1. The van der Waals surface area contributed by atoms with Crippen molar-refractivity contribution in [2.45, 2.75) is 59.3 Å². The first kappa shape index (κ1) is 28.4. The number of nitrogens with zero attached hydrogens (tertiary/aromatic N) is 5. The van der Waals surface area contributed by atoms with Crippen molar-refractivity contribution in [2.24, 2.45) is 0 Å². The van der Waals surface area contributed by atoms with Gasteiger partial charge in [0.15, 0.2) is 19.8 Å². The Labute approximate surface area is 229 Å². The topological polar surface area (TPSA) is 84.1 Å². The first-order valence-corrected chi connectivity index (χ1v) is 16.0. The number of halogens is 1. The van der Waals surface area contributed by atoms with E-state index in [1.807, 2.05) is 25.3 Å². The van der Waals surface area contributed by atoms with E-state index in [4.69, 9.17) is 9.16 Å². The third-order valence-electron chi connectivity index (χ3n) is 7.08. The van der Waals surface area contributed by atoms with E-state index in [9.17, 15) is 4.79 Å². The quantitative estimate of drug-likeness (QED) is 0.176. The van der Waals surface area contributed by atoms with Crippen LogP contribution in [0.15, 0.2) is 54.9 Å². The van der Waals surface area contributed by atoms with E-state index in [1.54, 1.807) is 46.7 Å². The van der Waals surface area contributed by atoms with Crippen molar-refractivity contribution in [3.05, 3.63) is 72.1 Å². The normalized spacial score (nSPS) is 12.1. The molecule has 0 saturated carbocycles. The van der Waals surface area contributed by atoms with E-state index >= 15 is 4.39 Å². The largest absolute Gasteiger partial charge is 0.461 e. The van der Waals surface area contributed by atoms with E-state index in [2.05, 4.69) is 49.0 Å². The highest BCUT2D eigenvalue weighted by atomic mass is 28.4. The van der Waals surface area contributed by atoms with Crippen molar-refractivity contribution in [1.82, 2.24) is 24.5 Å². The second kappa shape index (κ2) is 11.2. The van der Waals surface area contributed by atoms with Gasteiger partial charge in [0.2, 0.25) is 0 Å². The lowest BCUT2D eigenvalue weighted by Gasteiger charge is -2.36. The summed E-state index contributed by atoms with van der Waals surface area (Å²) in [5, 5.41) is 9.04. The number of carbonyl (C=O) groups is 1.